The molecular formula is C33H41N3O10S2. The van der Waals surface area contributed by atoms with E-state index in [1.165, 1.54) is 22.5 Å². The van der Waals surface area contributed by atoms with Crippen LogP contribution in [0.5, 0.6) is 17.2 Å². The Hall–Kier alpha value is -3.47. The molecule has 1 aromatic heterocycles. The number of sulfonamides is 1. The molecule has 1 amide bonds. The maximum Gasteiger partial charge on any atom is 0.407 e. The molecule has 0 saturated carbocycles. The maximum atomic E-state index is 13.9. The smallest absolute Gasteiger partial charge is 0.407 e. The molecule has 2 fully saturated rings. The molecule has 260 valence electrons. The van der Waals surface area contributed by atoms with Gasteiger partial charge in [0, 0.05) is 24.5 Å². The summed E-state index contributed by atoms with van der Waals surface area (Å²) in [4.78, 5) is 17.7. The van der Waals surface area contributed by atoms with Crippen LogP contribution in [0.2, 0.25) is 0 Å². The second-order valence-corrected chi connectivity index (χ2v) is 15.3. The number of nitrogens with zero attached hydrogens (tertiary/aromatic N) is 2. The number of aliphatic hydroxyl groups is 1. The molecule has 6 rings (SSSR count). The van der Waals surface area contributed by atoms with Crippen molar-refractivity contribution >= 4 is 27.5 Å². The van der Waals surface area contributed by atoms with Crippen molar-refractivity contribution in [2.75, 3.05) is 33.1 Å². The molecule has 4 heterocycles. The highest BCUT2D eigenvalue weighted by atomic mass is 32.2. The summed E-state index contributed by atoms with van der Waals surface area (Å²) in [6, 6.07) is 10.5. The summed E-state index contributed by atoms with van der Waals surface area (Å²) in [6.45, 7) is 6.00. The molecule has 0 radical (unpaired) electrons. The summed E-state index contributed by atoms with van der Waals surface area (Å²) in [7, 11) is -4.11. The van der Waals surface area contributed by atoms with Gasteiger partial charge in [0.15, 0.2) is 17.8 Å². The number of aliphatic hydroxyl groups excluding tert-OH is 1. The fourth-order valence-electron chi connectivity index (χ4n) is 5.81. The van der Waals surface area contributed by atoms with Crippen molar-refractivity contribution < 1.29 is 48.1 Å². The first kappa shape index (κ1) is 33.0. The number of thiazole rings is 1. The minimum atomic E-state index is -4.11. The maximum absolute atomic E-state index is 13.9. The quantitative estimate of drug-likeness (QED) is 0.251. The van der Waals surface area contributed by atoms with Crippen molar-refractivity contribution in [2.45, 2.75) is 69.6 Å². The van der Waals surface area contributed by atoms with Gasteiger partial charge in [-0.05, 0) is 55.5 Å². The van der Waals surface area contributed by atoms with Crippen LogP contribution in [0.1, 0.15) is 37.9 Å². The molecule has 13 nitrogen and oxygen atoms in total. The molecule has 5 atom stereocenters. The summed E-state index contributed by atoms with van der Waals surface area (Å²) in [5.41, 5.74) is 1.57. The van der Waals surface area contributed by atoms with Crippen LogP contribution in [0.25, 0.3) is 0 Å². The van der Waals surface area contributed by atoms with Gasteiger partial charge in [-0.15, -0.1) is 11.3 Å². The van der Waals surface area contributed by atoms with E-state index in [9.17, 15) is 18.3 Å². The minimum Gasteiger partial charge on any atom is -0.487 e. The van der Waals surface area contributed by atoms with Gasteiger partial charge in [0.2, 0.25) is 16.8 Å². The standard InChI is InChI=1S/C33H41N3O10S2/c1-20(2)14-36(48(39,40)25-8-9-29-30(13-25)45-19-44-29)15-28(37)27(35-33(38)46-31-17-43-32-26(31)10-11-41-32)12-22-4-6-24(7-5-22)42-16-23-18-47-21(3)34-23/h4-9,13,18,20,26-28,31-32,37H,10-12,14-17,19H2,1-3H3,(H,35,38)/t26-,27-,28+,31-,32+/m0/s1/i31D. The van der Waals surface area contributed by atoms with Crippen molar-refractivity contribution in [3.8, 4) is 17.2 Å². The summed E-state index contributed by atoms with van der Waals surface area (Å²) < 4.78 is 71.1. The van der Waals surface area contributed by atoms with E-state index in [2.05, 4.69) is 10.3 Å². The van der Waals surface area contributed by atoms with Crippen LogP contribution in [0.15, 0.2) is 52.7 Å². The number of carbonyl (C=O) groups excluding carboxylic acids is 1. The molecule has 0 aliphatic carbocycles. The zero-order valence-corrected chi connectivity index (χ0v) is 28.6. The molecule has 0 unspecified atom stereocenters. The number of hydrogen-bond acceptors (Lipinski definition) is 12. The van der Waals surface area contributed by atoms with Crippen LogP contribution in [0.4, 0.5) is 4.79 Å². The number of ether oxygens (including phenoxy) is 6. The number of aryl methyl sites for hydroxylation is 1. The fourth-order valence-corrected chi connectivity index (χ4v) is 8.04. The lowest BCUT2D eigenvalue weighted by atomic mass is 10.0. The Morgan fingerprint density at radius 1 is 1.17 bits per heavy atom. The number of nitrogens with one attached hydrogen (secondary N) is 1. The van der Waals surface area contributed by atoms with Crippen molar-refractivity contribution in [1.29, 1.82) is 0 Å². The summed E-state index contributed by atoms with van der Waals surface area (Å²) >= 11 is 1.55. The molecule has 2 saturated heterocycles. The largest absolute Gasteiger partial charge is 0.487 e. The van der Waals surface area contributed by atoms with Crippen molar-refractivity contribution in [3.63, 3.8) is 0 Å². The van der Waals surface area contributed by atoms with Gasteiger partial charge in [0.05, 0.1) is 48.2 Å². The number of hydrogen-bond donors (Lipinski definition) is 2. The Labute approximate surface area is 285 Å². The predicted molar refractivity (Wildman–Crippen MR) is 174 cm³/mol. The number of aromatic nitrogens is 1. The third-order valence-corrected chi connectivity index (χ3v) is 10.9. The summed E-state index contributed by atoms with van der Waals surface area (Å²) in [5, 5.41) is 17.3. The number of alkyl carbamates (subject to hydrolysis) is 1. The SMILES string of the molecule is [2H][C@]1(OC(=O)N[C@@H](Cc2ccc(OCc3csc(C)n3)cc2)[C@H](O)CN(CC(C)C)S(=O)(=O)c2ccc3c(c2)OCO3)CO[C@H]2OCC[C@H]21. The average Bonchev–Trinajstić information content (AvgIpc) is 3.87. The topological polar surface area (TPSA) is 155 Å². The van der Waals surface area contributed by atoms with Gasteiger partial charge >= 0.3 is 6.09 Å². The monoisotopic (exact) mass is 704 g/mol. The summed E-state index contributed by atoms with van der Waals surface area (Å²) in [6.07, 6.45) is -3.95. The first-order chi connectivity index (χ1) is 23.4. The van der Waals surface area contributed by atoms with Gasteiger partial charge in [-0.2, -0.15) is 4.31 Å². The zero-order valence-electron chi connectivity index (χ0n) is 28.0. The molecule has 3 aliphatic heterocycles. The molecule has 2 aromatic carbocycles. The van der Waals surface area contributed by atoms with Crippen LogP contribution in [-0.2, 0) is 37.3 Å². The number of carbonyl (C=O) groups is 1. The van der Waals surface area contributed by atoms with E-state index >= 15 is 0 Å². The highest BCUT2D eigenvalue weighted by Gasteiger charge is 2.44. The van der Waals surface area contributed by atoms with Crippen LogP contribution >= 0.6 is 11.3 Å². The molecule has 2 N–H and O–H groups in total. The molecule has 3 aromatic rings. The van der Waals surface area contributed by atoms with Crippen LogP contribution < -0.4 is 19.5 Å². The Morgan fingerprint density at radius 3 is 2.71 bits per heavy atom. The van der Waals surface area contributed by atoms with Gasteiger partial charge in [-0.25, -0.2) is 18.2 Å². The summed E-state index contributed by atoms with van der Waals surface area (Å²) in [5.74, 6) is 0.846. The van der Waals surface area contributed by atoms with Crippen molar-refractivity contribution in [1.82, 2.24) is 14.6 Å². The van der Waals surface area contributed by atoms with E-state index in [0.29, 0.717) is 36.9 Å². The Morgan fingerprint density at radius 2 is 1.96 bits per heavy atom. The van der Waals surface area contributed by atoms with Crippen LogP contribution in [-0.4, -0.2) is 86.5 Å². The number of fused-ring (bicyclic) bond motifs is 2. The van der Waals surface area contributed by atoms with Crippen molar-refractivity contribution in [2.24, 2.45) is 11.8 Å². The van der Waals surface area contributed by atoms with Gasteiger partial charge in [-0.1, -0.05) is 26.0 Å². The van der Waals surface area contributed by atoms with E-state index in [-0.39, 0.29) is 43.7 Å². The first-order valence-corrected chi connectivity index (χ1v) is 18.1. The molecule has 48 heavy (non-hydrogen) atoms. The van der Waals surface area contributed by atoms with Crippen LogP contribution in [0.3, 0.4) is 0 Å². The normalized spacial score (nSPS) is 23.2. The Balaban J connectivity index is 1.20. The lowest BCUT2D eigenvalue weighted by Crippen LogP contribution is -2.51. The Bertz CT molecular complexity index is 1720. The fraction of sp³-hybridized carbons (Fsp3) is 0.515. The third-order valence-electron chi connectivity index (χ3n) is 8.21. The molecule has 0 spiro atoms. The second-order valence-electron chi connectivity index (χ2n) is 12.3. The van der Waals surface area contributed by atoms with Gasteiger partial charge in [-0.3, -0.25) is 0 Å². The van der Waals surface area contributed by atoms with E-state index in [4.69, 9.17) is 29.8 Å². The Kier molecular flexibility index (Phi) is 10.3. The van der Waals surface area contributed by atoms with Gasteiger partial charge < -0.3 is 38.8 Å². The van der Waals surface area contributed by atoms with Gasteiger partial charge in [0.1, 0.15) is 18.4 Å². The average molecular weight is 705 g/mol. The van der Waals surface area contributed by atoms with Crippen molar-refractivity contribution in [3.05, 3.63) is 64.1 Å². The van der Waals surface area contributed by atoms with E-state index in [1.807, 2.05) is 26.2 Å². The zero-order chi connectivity index (χ0) is 34.8. The lowest BCUT2D eigenvalue weighted by molar-refractivity contribution is -0.0907. The highest BCUT2D eigenvalue weighted by Crippen LogP contribution is 2.35. The van der Waals surface area contributed by atoms with E-state index < -0.39 is 46.6 Å². The highest BCUT2D eigenvalue weighted by molar-refractivity contribution is 7.89. The molecule has 15 heteroatoms. The molecule has 3 aliphatic rings. The van der Waals surface area contributed by atoms with Crippen LogP contribution in [0, 0.1) is 18.8 Å². The number of amides is 1. The third kappa shape index (κ3) is 8.21. The predicted octanol–water partition coefficient (Wildman–Crippen LogP) is 3.87. The lowest BCUT2D eigenvalue weighted by Gasteiger charge is -2.31. The molecule has 0 bridgehead atoms. The second kappa shape index (κ2) is 15.0. The molecular weight excluding hydrogens is 663 g/mol. The van der Waals surface area contributed by atoms with E-state index in [1.54, 1.807) is 35.6 Å². The number of rotatable bonds is 14. The first-order valence-electron chi connectivity index (χ1n) is 16.3. The van der Waals surface area contributed by atoms with Gasteiger partial charge in [0.25, 0.3) is 0 Å². The number of benzene rings is 2. The van der Waals surface area contributed by atoms with E-state index in [0.717, 1.165) is 16.3 Å². The minimum absolute atomic E-state index is 0.00450.